The monoisotopic (exact) mass is 293 g/mol. The summed E-state index contributed by atoms with van der Waals surface area (Å²) in [5.74, 6) is 0.119. The first-order valence-electron chi connectivity index (χ1n) is 6.37. The maximum absolute atomic E-state index is 12.3. The van der Waals surface area contributed by atoms with Gasteiger partial charge in [-0.1, -0.05) is 11.2 Å². The Morgan fingerprint density at radius 2 is 2.20 bits per heavy atom. The van der Waals surface area contributed by atoms with Crippen molar-refractivity contribution >= 4 is 21.6 Å². The van der Waals surface area contributed by atoms with Gasteiger partial charge in [-0.05, 0) is 37.5 Å². The Kier molecular flexibility index (Phi) is 3.13. The van der Waals surface area contributed by atoms with Gasteiger partial charge in [-0.25, -0.2) is 13.1 Å². The Balaban J connectivity index is 1.91. The van der Waals surface area contributed by atoms with E-state index in [4.69, 9.17) is 4.52 Å². The van der Waals surface area contributed by atoms with Gasteiger partial charge in [0.05, 0.1) is 10.6 Å². The smallest absolute Gasteiger partial charge is 0.264 e. The Morgan fingerprint density at radius 1 is 1.35 bits per heavy atom. The van der Waals surface area contributed by atoms with Crippen molar-refractivity contribution in [1.82, 2.24) is 5.16 Å². The quantitative estimate of drug-likeness (QED) is 0.905. The normalized spacial score (nSPS) is 14.4. The number of nitrogens with zero attached hydrogens (tertiary/aromatic N) is 1. The van der Waals surface area contributed by atoms with Gasteiger partial charge in [0.2, 0.25) is 5.88 Å². The maximum atomic E-state index is 12.3. The number of anilines is 2. The molecule has 2 N–H and O–H groups in total. The van der Waals surface area contributed by atoms with Crippen LogP contribution in [0.3, 0.4) is 0 Å². The van der Waals surface area contributed by atoms with Crippen LogP contribution >= 0.6 is 0 Å². The number of aromatic nitrogens is 1. The van der Waals surface area contributed by atoms with Crippen molar-refractivity contribution in [2.24, 2.45) is 0 Å². The Labute approximate surface area is 117 Å². The largest absolute Gasteiger partial charge is 0.385 e. The molecule has 3 rings (SSSR count). The van der Waals surface area contributed by atoms with Crippen LogP contribution < -0.4 is 10.0 Å². The Morgan fingerprint density at radius 3 is 2.95 bits per heavy atom. The van der Waals surface area contributed by atoms with E-state index in [-0.39, 0.29) is 10.8 Å². The zero-order valence-electron chi connectivity index (χ0n) is 11.0. The molecule has 1 aromatic heterocycles. The van der Waals surface area contributed by atoms with Gasteiger partial charge in [-0.2, -0.15) is 0 Å². The van der Waals surface area contributed by atoms with Crippen LogP contribution in [0.5, 0.6) is 0 Å². The molecule has 106 valence electrons. The lowest BCUT2D eigenvalue weighted by atomic mass is 10.0. The topological polar surface area (TPSA) is 84.2 Å². The second-order valence-corrected chi connectivity index (χ2v) is 6.47. The number of hydrogen-bond donors (Lipinski definition) is 2. The highest BCUT2D eigenvalue weighted by molar-refractivity contribution is 7.92. The summed E-state index contributed by atoms with van der Waals surface area (Å²) in [4.78, 5) is 0.208. The van der Waals surface area contributed by atoms with Crippen LogP contribution in [-0.4, -0.2) is 20.1 Å². The van der Waals surface area contributed by atoms with Gasteiger partial charge in [-0.15, -0.1) is 0 Å². The molecule has 2 aromatic rings. The lowest BCUT2D eigenvalue weighted by Gasteiger charge is -2.18. The summed E-state index contributed by atoms with van der Waals surface area (Å²) in [6, 6.07) is 6.65. The molecule has 0 spiro atoms. The molecule has 0 amide bonds. The van der Waals surface area contributed by atoms with Crippen molar-refractivity contribution in [2.45, 2.75) is 24.7 Å². The Bertz CT molecular complexity index is 737. The van der Waals surface area contributed by atoms with Crippen molar-refractivity contribution < 1.29 is 12.9 Å². The summed E-state index contributed by atoms with van der Waals surface area (Å²) in [7, 11) is -3.66. The third kappa shape index (κ3) is 2.49. The minimum absolute atomic E-state index is 0.119. The zero-order valence-corrected chi connectivity index (χ0v) is 11.8. The van der Waals surface area contributed by atoms with Crippen LogP contribution in [0.15, 0.2) is 33.7 Å². The molecule has 1 aliphatic heterocycles. The molecule has 7 heteroatoms. The molecular formula is C13H15N3O3S. The average Bonchev–Trinajstić information content (AvgIpc) is 2.83. The van der Waals surface area contributed by atoms with Gasteiger partial charge in [0.15, 0.2) is 0 Å². The van der Waals surface area contributed by atoms with Crippen molar-refractivity contribution in [1.29, 1.82) is 0 Å². The van der Waals surface area contributed by atoms with Crippen molar-refractivity contribution in [3.63, 3.8) is 0 Å². The van der Waals surface area contributed by atoms with Gasteiger partial charge in [-0.3, -0.25) is 0 Å². The highest BCUT2D eigenvalue weighted by Crippen LogP contribution is 2.26. The first-order chi connectivity index (χ1) is 9.54. The molecule has 6 nitrogen and oxygen atoms in total. The lowest BCUT2D eigenvalue weighted by Crippen LogP contribution is -2.15. The summed E-state index contributed by atoms with van der Waals surface area (Å²) < 4.78 is 31.8. The van der Waals surface area contributed by atoms with E-state index in [2.05, 4.69) is 15.2 Å². The minimum atomic E-state index is -3.66. The molecule has 0 unspecified atom stereocenters. The highest BCUT2D eigenvalue weighted by Gasteiger charge is 2.19. The van der Waals surface area contributed by atoms with E-state index in [1.165, 1.54) is 6.07 Å². The first kappa shape index (κ1) is 13.0. The predicted octanol–water partition coefficient (Wildman–Crippen LogP) is 2.14. The minimum Gasteiger partial charge on any atom is -0.385 e. The highest BCUT2D eigenvalue weighted by atomic mass is 32.2. The van der Waals surface area contributed by atoms with E-state index in [0.29, 0.717) is 5.69 Å². The molecule has 20 heavy (non-hydrogen) atoms. The second-order valence-electron chi connectivity index (χ2n) is 4.79. The van der Waals surface area contributed by atoms with Crippen LogP contribution in [0.25, 0.3) is 0 Å². The fourth-order valence-electron chi connectivity index (χ4n) is 2.21. The van der Waals surface area contributed by atoms with E-state index in [1.54, 1.807) is 19.1 Å². The molecule has 0 aliphatic carbocycles. The molecule has 0 fully saturated rings. The molecule has 0 radical (unpaired) electrons. The first-order valence-corrected chi connectivity index (χ1v) is 7.86. The number of sulfonamides is 1. The van der Waals surface area contributed by atoms with Crippen molar-refractivity contribution in [2.75, 3.05) is 16.6 Å². The molecule has 0 bridgehead atoms. The van der Waals surface area contributed by atoms with Crippen LogP contribution in [-0.2, 0) is 16.4 Å². The molecule has 1 aliphatic rings. The molecular weight excluding hydrogens is 278 g/mol. The van der Waals surface area contributed by atoms with E-state index >= 15 is 0 Å². The summed E-state index contributed by atoms with van der Waals surface area (Å²) >= 11 is 0. The zero-order chi connectivity index (χ0) is 14.2. The van der Waals surface area contributed by atoms with Gasteiger partial charge in [0.1, 0.15) is 0 Å². The SMILES string of the molecule is Cc1cc(NS(=O)(=O)c2ccc3c(c2)NCCC3)on1. The van der Waals surface area contributed by atoms with E-state index < -0.39 is 10.0 Å². The van der Waals surface area contributed by atoms with Crippen LogP contribution in [0, 0.1) is 6.92 Å². The summed E-state index contributed by atoms with van der Waals surface area (Å²) in [6.07, 6.45) is 2.03. The average molecular weight is 293 g/mol. The van der Waals surface area contributed by atoms with Gasteiger partial charge >= 0.3 is 0 Å². The van der Waals surface area contributed by atoms with Gasteiger partial charge in [0, 0.05) is 18.3 Å². The number of fused-ring (bicyclic) bond motifs is 1. The number of benzene rings is 1. The number of nitrogens with one attached hydrogen (secondary N) is 2. The van der Waals surface area contributed by atoms with E-state index in [1.807, 2.05) is 6.07 Å². The van der Waals surface area contributed by atoms with Crippen molar-refractivity contribution in [3.05, 3.63) is 35.5 Å². The summed E-state index contributed by atoms with van der Waals surface area (Å²) in [5, 5.41) is 6.87. The lowest BCUT2D eigenvalue weighted by molar-refractivity contribution is 0.430. The molecule has 0 saturated carbocycles. The van der Waals surface area contributed by atoms with Crippen LogP contribution in [0.1, 0.15) is 17.7 Å². The maximum Gasteiger partial charge on any atom is 0.264 e. The number of rotatable bonds is 3. The van der Waals surface area contributed by atoms with Crippen LogP contribution in [0.2, 0.25) is 0 Å². The fourth-order valence-corrected chi connectivity index (χ4v) is 3.21. The third-order valence-corrected chi connectivity index (χ3v) is 4.54. The Hall–Kier alpha value is -2.02. The predicted molar refractivity (Wildman–Crippen MR) is 75.3 cm³/mol. The summed E-state index contributed by atoms with van der Waals surface area (Å²) in [5.41, 5.74) is 2.65. The third-order valence-electron chi connectivity index (χ3n) is 3.19. The van der Waals surface area contributed by atoms with Gasteiger partial charge < -0.3 is 9.84 Å². The standard InChI is InChI=1S/C13H15N3O3S/c1-9-7-13(19-15-9)16-20(17,18)11-5-4-10-3-2-6-14-12(10)8-11/h4-5,7-8,14,16H,2-3,6H2,1H3. The van der Waals surface area contributed by atoms with Crippen LogP contribution in [0.4, 0.5) is 11.6 Å². The number of hydrogen-bond acceptors (Lipinski definition) is 5. The second kappa shape index (κ2) is 4.82. The fraction of sp³-hybridized carbons (Fsp3) is 0.308. The van der Waals surface area contributed by atoms with Crippen molar-refractivity contribution in [3.8, 4) is 0 Å². The molecule has 2 heterocycles. The van der Waals surface area contributed by atoms with Gasteiger partial charge in [0.25, 0.3) is 10.0 Å². The van der Waals surface area contributed by atoms with E-state index in [9.17, 15) is 8.42 Å². The summed E-state index contributed by atoms with van der Waals surface area (Å²) in [6.45, 7) is 2.59. The van der Waals surface area contributed by atoms with E-state index in [0.717, 1.165) is 30.6 Å². The molecule has 0 atom stereocenters. The molecule has 0 saturated heterocycles. The molecule has 1 aromatic carbocycles. The number of aryl methyl sites for hydroxylation is 2.